The first-order valence-corrected chi connectivity index (χ1v) is 7.76. The lowest BCUT2D eigenvalue weighted by molar-refractivity contribution is -0.145. The van der Waals surface area contributed by atoms with Gasteiger partial charge in [-0.3, -0.25) is 9.59 Å². The zero-order chi connectivity index (χ0) is 16.2. The van der Waals surface area contributed by atoms with Crippen molar-refractivity contribution in [3.05, 3.63) is 35.9 Å². The first kappa shape index (κ1) is 18.2. The van der Waals surface area contributed by atoms with Crippen LogP contribution in [0, 0.1) is 0 Å². The van der Waals surface area contributed by atoms with Crippen molar-refractivity contribution in [1.82, 2.24) is 5.32 Å². The predicted octanol–water partition coefficient (Wildman–Crippen LogP) is 2.18. The molecule has 0 aliphatic heterocycles. The van der Waals surface area contributed by atoms with E-state index in [0.29, 0.717) is 6.42 Å². The van der Waals surface area contributed by atoms with Crippen LogP contribution in [0.2, 0.25) is 0 Å². The summed E-state index contributed by atoms with van der Waals surface area (Å²) in [5.74, 6) is -0.821. The zero-order valence-electron chi connectivity index (χ0n) is 13.1. The van der Waals surface area contributed by atoms with E-state index in [4.69, 9.17) is 4.74 Å². The summed E-state index contributed by atoms with van der Waals surface area (Å²) >= 11 is 0. The fraction of sp³-hybridized carbons (Fsp3) is 0.529. The standard InChI is InChI=1S/C17H25NO4/c1-2-3-5-10-15(19)11-16(20)18-12-17(21)22-13-14-8-6-4-7-9-14/h4,6-9,15,19H,2-3,5,10-13H2,1H3,(H,18,20). The molecule has 0 spiro atoms. The molecule has 0 saturated carbocycles. The SMILES string of the molecule is CCCCCC(O)CC(=O)NCC(=O)OCc1ccccc1. The summed E-state index contributed by atoms with van der Waals surface area (Å²) in [6, 6.07) is 9.34. The number of unbranched alkanes of at least 4 members (excludes halogenated alkanes) is 2. The molecule has 0 bridgehead atoms. The van der Waals surface area contributed by atoms with Crippen LogP contribution in [0.4, 0.5) is 0 Å². The maximum absolute atomic E-state index is 11.6. The number of carbonyl (C=O) groups excluding carboxylic acids is 2. The Labute approximate surface area is 131 Å². The van der Waals surface area contributed by atoms with Crippen molar-refractivity contribution in [3.63, 3.8) is 0 Å². The van der Waals surface area contributed by atoms with Crippen molar-refractivity contribution in [2.24, 2.45) is 0 Å². The highest BCUT2D eigenvalue weighted by molar-refractivity contribution is 5.82. The first-order valence-electron chi connectivity index (χ1n) is 7.76. The average molecular weight is 307 g/mol. The van der Waals surface area contributed by atoms with Crippen LogP contribution in [0.15, 0.2) is 30.3 Å². The van der Waals surface area contributed by atoms with Gasteiger partial charge in [0.05, 0.1) is 12.5 Å². The summed E-state index contributed by atoms with van der Waals surface area (Å²) in [7, 11) is 0. The van der Waals surface area contributed by atoms with Crippen LogP contribution >= 0.6 is 0 Å². The van der Waals surface area contributed by atoms with E-state index in [1.807, 2.05) is 30.3 Å². The number of aliphatic hydroxyl groups excluding tert-OH is 1. The highest BCUT2D eigenvalue weighted by atomic mass is 16.5. The minimum absolute atomic E-state index is 0.0235. The lowest BCUT2D eigenvalue weighted by Crippen LogP contribution is -2.32. The highest BCUT2D eigenvalue weighted by Crippen LogP contribution is 2.06. The molecule has 2 N–H and O–H groups in total. The van der Waals surface area contributed by atoms with Crippen molar-refractivity contribution in [2.75, 3.05) is 6.54 Å². The van der Waals surface area contributed by atoms with Crippen LogP contribution in [-0.4, -0.2) is 29.6 Å². The monoisotopic (exact) mass is 307 g/mol. The molecular formula is C17H25NO4. The Morgan fingerprint density at radius 3 is 2.64 bits per heavy atom. The third kappa shape index (κ3) is 8.42. The Morgan fingerprint density at radius 2 is 1.95 bits per heavy atom. The number of hydrogen-bond acceptors (Lipinski definition) is 4. The Balaban J connectivity index is 2.13. The van der Waals surface area contributed by atoms with Gasteiger partial charge < -0.3 is 15.2 Å². The lowest BCUT2D eigenvalue weighted by atomic mass is 10.1. The molecule has 0 aliphatic carbocycles. The summed E-state index contributed by atoms with van der Waals surface area (Å²) in [5, 5.41) is 12.2. The number of amides is 1. The van der Waals surface area contributed by atoms with Gasteiger partial charge in [0.15, 0.2) is 0 Å². The molecule has 0 fully saturated rings. The summed E-state index contributed by atoms with van der Waals surface area (Å²) in [6.45, 7) is 2.10. The second-order valence-corrected chi connectivity index (χ2v) is 5.28. The quantitative estimate of drug-likeness (QED) is 0.513. The number of aliphatic hydroxyl groups is 1. The van der Waals surface area contributed by atoms with Crippen LogP contribution in [-0.2, 0) is 20.9 Å². The molecule has 1 amide bonds. The van der Waals surface area contributed by atoms with E-state index < -0.39 is 12.1 Å². The minimum atomic E-state index is -0.646. The summed E-state index contributed by atoms with van der Waals surface area (Å²) in [6.07, 6.45) is 3.02. The van der Waals surface area contributed by atoms with E-state index in [1.54, 1.807) is 0 Å². The van der Waals surface area contributed by atoms with Gasteiger partial charge in [-0.05, 0) is 12.0 Å². The van der Waals surface area contributed by atoms with Gasteiger partial charge in [0.1, 0.15) is 13.2 Å². The molecular weight excluding hydrogens is 282 g/mol. The van der Waals surface area contributed by atoms with Crippen LogP contribution in [0.3, 0.4) is 0 Å². The van der Waals surface area contributed by atoms with Crippen LogP contribution in [0.1, 0.15) is 44.6 Å². The van der Waals surface area contributed by atoms with Crippen molar-refractivity contribution in [2.45, 2.75) is 51.7 Å². The summed E-state index contributed by atoms with van der Waals surface area (Å²) < 4.78 is 5.05. The number of nitrogens with one attached hydrogen (secondary N) is 1. The van der Waals surface area contributed by atoms with Crippen LogP contribution < -0.4 is 5.32 Å². The zero-order valence-corrected chi connectivity index (χ0v) is 13.1. The van der Waals surface area contributed by atoms with Crippen molar-refractivity contribution in [3.8, 4) is 0 Å². The average Bonchev–Trinajstić information content (AvgIpc) is 2.52. The predicted molar refractivity (Wildman–Crippen MR) is 84.0 cm³/mol. The third-order valence-corrected chi connectivity index (χ3v) is 3.23. The third-order valence-electron chi connectivity index (χ3n) is 3.23. The molecule has 22 heavy (non-hydrogen) atoms. The molecule has 0 saturated heterocycles. The van der Waals surface area contributed by atoms with Crippen LogP contribution in [0.25, 0.3) is 0 Å². The van der Waals surface area contributed by atoms with E-state index in [2.05, 4.69) is 12.2 Å². The minimum Gasteiger partial charge on any atom is -0.460 e. The highest BCUT2D eigenvalue weighted by Gasteiger charge is 2.12. The molecule has 0 aromatic heterocycles. The fourth-order valence-electron chi connectivity index (χ4n) is 1.98. The normalized spacial score (nSPS) is 11.7. The van der Waals surface area contributed by atoms with E-state index >= 15 is 0 Å². The molecule has 1 aromatic rings. The molecule has 0 radical (unpaired) electrons. The second-order valence-electron chi connectivity index (χ2n) is 5.28. The Bertz CT molecular complexity index is 447. The van der Waals surface area contributed by atoms with Crippen molar-refractivity contribution < 1.29 is 19.4 Å². The Morgan fingerprint density at radius 1 is 1.23 bits per heavy atom. The van der Waals surface area contributed by atoms with Crippen molar-refractivity contribution in [1.29, 1.82) is 0 Å². The number of ether oxygens (including phenoxy) is 1. The molecule has 0 aliphatic rings. The molecule has 1 unspecified atom stereocenters. The number of hydrogen-bond donors (Lipinski definition) is 2. The maximum Gasteiger partial charge on any atom is 0.325 e. The molecule has 1 atom stereocenters. The largest absolute Gasteiger partial charge is 0.460 e. The molecule has 5 heteroatoms. The van der Waals surface area contributed by atoms with E-state index in [-0.39, 0.29) is 25.5 Å². The Kier molecular flexibility index (Phi) is 8.91. The number of benzene rings is 1. The number of rotatable bonds is 10. The van der Waals surface area contributed by atoms with Crippen LogP contribution in [0.5, 0.6) is 0 Å². The smallest absolute Gasteiger partial charge is 0.325 e. The molecule has 1 aromatic carbocycles. The number of carbonyl (C=O) groups is 2. The van der Waals surface area contributed by atoms with E-state index in [0.717, 1.165) is 24.8 Å². The Hall–Kier alpha value is -1.88. The topological polar surface area (TPSA) is 75.6 Å². The summed E-state index contributed by atoms with van der Waals surface area (Å²) in [4.78, 5) is 23.1. The second kappa shape index (κ2) is 10.8. The van der Waals surface area contributed by atoms with Gasteiger partial charge in [0.25, 0.3) is 0 Å². The van der Waals surface area contributed by atoms with Gasteiger partial charge in [-0.15, -0.1) is 0 Å². The molecule has 1 rings (SSSR count). The molecule has 0 heterocycles. The van der Waals surface area contributed by atoms with Gasteiger partial charge in [-0.2, -0.15) is 0 Å². The van der Waals surface area contributed by atoms with E-state index in [9.17, 15) is 14.7 Å². The fourth-order valence-corrected chi connectivity index (χ4v) is 1.98. The van der Waals surface area contributed by atoms with Crippen molar-refractivity contribution >= 4 is 11.9 Å². The lowest BCUT2D eigenvalue weighted by Gasteiger charge is -2.10. The van der Waals surface area contributed by atoms with E-state index in [1.165, 1.54) is 0 Å². The van der Waals surface area contributed by atoms with Gasteiger partial charge in [0, 0.05) is 0 Å². The number of esters is 1. The van der Waals surface area contributed by atoms with Gasteiger partial charge in [-0.25, -0.2) is 0 Å². The van der Waals surface area contributed by atoms with Gasteiger partial charge >= 0.3 is 5.97 Å². The maximum atomic E-state index is 11.6. The molecule has 122 valence electrons. The van der Waals surface area contributed by atoms with Gasteiger partial charge in [0.2, 0.25) is 5.91 Å². The summed E-state index contributed by atoms with van der Waals surface area (Å²) in [5.41, 5.74) is 0.897. The molecule has 5 nitrogen and oxygen atoms in total. The first-order chi connectivity index (χ1) is 10.6. The van der Waals surface area contributed by atoms with Gasteiger partial charge in [-0.1, -0.05) is 56.5 Å².